The van der Waals surface area contributed by atoms with Crippen LogP contribution in [0, 0.1) is 0 Å². The van der Waals surface area contributed by atoms with Crippen molar-refractivity contribution in [2.45, 2.75) is 5.41 Å². The minimum atomic E-state index is -0.520. The van der Waals surface area contributed by atoms with Gasteiger partial charge in [-0.05, 0) is 110 Å². The van der Waals surface area contributed by atoms with Gasteiger partial charge in [0.25, 0.3) is 0 Å². The van der Waals surface area contributed by atoms with E-state index in [-0.39, 0.29) is 0 Å². The maximum atomic E-state index is 2.56. The average molecular weight is 879 g/mol. The predicted octanol–water partition coefficient (Wildman–Crippen LogP) is 17.6. The lowest BCUT2D eigenvalue weighted by Crippen LogP contribution is -2.28. The Labute approximate surface area is 403 Å². The SMILES string of the molecule is c1ccc(-c2ccccc2-c2c(-c3ccccc3)cccc2N(c2ccc3c(c2)-c2ccccc2C3(c2ccccc2)c2ccccc2)c2cccc3c2c2ccccc2n3-c2ccccc2)cc1. The highest BCUT2D eigenvalue weighted by Gasteiger charge is 2.46. The van der Waals surface area contributed by atoms with Gasteiger partial charge in [0.15, 0.2) is 0 Å². The Balaban J connectivity index is 1.16. The van der Waals surface area contributed by atoms with E-state index in [2.05, 4.69) is 289 Å². The summed E-state index contributed by atoms with van der Waals surface area (Å²) in [6.07, 6.45) is 0. The molecule has 0 saturated carbocycles. The molecule has 0 atom stereocenters. The number of aromatic nitrogens is 1. The molecule has 12 aromatic rings. The summed E-state index contributed by atoms with van der Waals surface area (Å²) in [6.45, 7) is 0. The minimum absolute atomic E-state index is 0.520. The van der Waals surface area contributed by atoms with Gasteiger partial charge in [-0.1, -0.05) is 231 Å². The second-order valence-corrected chi connectivity index (χ2v) is 17.9. The molecule has 11 aromatic carbocycles. The van der Waals surface area contributed by atoms with E-state index < -0.39 is 5.41 Å². The smallest absolute Gasteiger partial charge is 0.0713 e. The van der Waals surface area contributed by atoms with Gasteiger partial charge >= 0.3 is 0 Å². The Bertz CT molecular complexity index is 3780. The maximum Gasteiger partial charge on any atom is 0.0713 e. The van der Waals surface area contributed by atoms with Crippen LogP contribution in [0.3, 0.4) is 0 Å². The molecule has 324 valence electrons. The molecule has 69 heavy (non-hydrogen) atoms. The quantitative estimate of drug-likeness (QED) is 0.140. The van der Waals surface area contributed by atoms with Crippen molar-refractivity contribution in [1.82, 2.24) is 4.57 Å². The highest BCUT2D eigenvalue weighted by molar-refractivity contribution is 6.17. The number of hydrogen-bond acceptors (Lipinski definition) is 1. The maximum absolute atomic E-state index is 2.56. The van der Waals surface area contributed by atoms with Crippen molar-refractivity contribution in [3.8, 4) is 50.2 Å². The third-order valence-corrected chi connectivity index (χ3v) is 14.3. The van der Waals surface area contributed by atoms with Gasteiger partial charge < -0.3 is 9.47 Å². The molecular formula is C67H46N2. The number of anilines is 3. The molecular weight excluding hydrogens is 833 g/mol. The molecule has 1 heterocycles. The van der Waals surface area contributed by atoms with Gasteiger partial charge in [0.2, 0.25) is 0 Å². The van der Waals surface area contributed by atoms with Crippen LogP contribution >= 0.6 is 0 Å². The van der Waals surface area contributed by atoms with Crippen molar-refractivity contribution in [2.75, 3.05) is 4.90 Å². The average Bonchev–Trinajstić information content (AvgIpc) is 3.93. The molecule has 13 rings (SSSR count). The monoisotopic (exact) mass is 878 g/mol. The van der Waals surface area contributed by atoms with Crippen LogP contribution in [0.5, 0.6) is 0 Å². The molecule has 0 bridgehead atoms. The third kappa shape index (κ3) is 6.41. The fraction of sp³-hybridized carbons (Fsp3) is 0.0149. The number of fused-ring (bicyclic) bond motifs is 6. The van der Waals surface area contributed by atoms with Crippen molar-refractivity contribution in [3.63, 3.8) is 0 Å². The molecule has 0 radical (unpaired) electrons. The first-order valence-corrected chi connectivity index (χ1v) is 23.9. The Morgan fingerprint density at radius 3 is 1.51 bits per heavy atom. The van der Waals surface area contributed by atoms with Crippen LogP contribution in [0.2, 0.25) is 0 Å². The normalized spacial score (nSPS) is 12.5. The van der Waals surface area contributed by atoms with Gasteiger partial charge in [-0.15, -0.1) is 0 Å². The van der Waals surface area contributed by atoms with E-state index in [1.165, 1.54) is 66.4 Å². The van der Waals surface area contributed by atoms with Crippen LogP contribution in [0.4, 0.5) is 17.1 Å². The molecule has 1 aromatic heterocycles. The Kier molecular flexibility index (Phi) is 9.77. The van der Waals surface area contributed by atoms with Crippen molar-refractivity contribution < 1.29 is 0 Å². The number of para-hydroxylation sites is 2. The number of hydrogen-bond donors (Lipinski definition) is 0. The lowest BCUT2D eigenvalue weighted by Gasteiger charge is -2.34. The number of rotatable bonds is 9. The molecule has 2 heteroatoms. The van der Waals surface area contributed by atoms with E-state index in [0.717, 1.165) is 44.9 Å². The van der Waals surface area contributed by atoms with Gasteiger partial charge in [-0.3, -0.25) is 0 Å². The first kappa shape index (κ1) is 40.3. The van der Waals surface area contributed by atoms with Crippen LogP contribution in [0.1, 0.15) is 22.3 Å². The Morgan fingerprint density at radius 1 is 0.319 bits per heavy atom. The molecule has 1 aliphatic carbocycles. The lowest BCUT2D eigenvalue weighted by atomic mass is 9.68. The van der Waals surface area contributed by atoms with Crippen LogP contribution in [0.15, 0.2) is 279 Å². The fourth-order valence-corrected chi connectivity index (χ4v) is 11.5. The van der Waals surface area contributed by atoms with Gasteiger partial charge in [-0.25, -0.2) is 0 Å². The first-order chi connectivity index (χ1) is 34.3. The zero-order valence-electron chi connectivity index (χ0n) is 38.0. The minimum Gasteiger partial charge on any atom is -0.309 e. The van der Waals surface area contributed by atoms with E-state index >= 15 is 0 Å². The summed E-state index contributed by atoms with van der Waals surface area (Å²) in [5.41, 5.74) is 20.7. The molecule has 0 saturated heterocycles. The van der Waals surface area contributed by atoms with Crippen LogP contribution in [0.25, 0.3) is 72.0 Å². The molecule has 0 fully saturated rings. The van der Waals surface area contributed by atoms with Gasteiger partial charge in [0, 0.05) is 27.7 Å². The van der Waals surface area contributed by atoms with Crippen molar-refractivity contribution in [2.24, 2.45) is 0 Å². The Hall–Kier alpha value is -8.98. The van der Waals surface area contributed by atoms with Crippen LogP contribution < -0.4 is 4.90 Å². The number of benzene rings is 11. The highest BCUT2D eigenvalue weighted by Crippen LogP contribution is 2.58. The van der Waals surface area contributed by atoms with Gasteiger partial charge in [0.05, 0.1) is 27.8 Å². The zero-order chi connectivity index (χ0) is 45.7. The van der Waals surface area contributed by atoms with Crippen LogP contribution in [-0.4, -0.2) is 4.57 Å². The van der Waals surface area contributed by atoms with E-state index in [1.807, 2.05) is 0 Å². The zero-order valence-corrected chi connectivity index (χ0v) is 38.0. The molecule has 1 aliphatic rings. The predicted molar refractivity (Wildman–Crippen MR) is 289 cm³/mol. The summed E-state index contributed by atoms with van der Waals surface area (Å²) < 4.78 is 2.42. The molecule has 0 N–H and O–H groups in total. The summed E-state index contributed by atoms with van der Waals surface area (Å²) >= 11 is 0. The second kappa shape index (κ2) is 16.7. The van der Waals surface area contributed by atoms with E-state index in [4.69, 9.17) is 0 Å². The first-order valence-electron chi connectivity index (χ1n) is 23.9. The summed E-state index contributed by atoms with van der Waals surface area (Å²) in [7, 11) is 0. The summed E-state index contributed by atoms with van der Waals surface area (Å²) in [5.74, 6) is 0. The topological polar surface area (TPSA) is 8.17 Å². The lowest BCUT2D eigenvalue weighted by molar-refractivity contribution is 0.768. The summed E-state index contributed by atoms with van der Waals surface area (Å²) in [4.78, 5) is 2.56. The van der Waals surface area contributed by atoms with Crippen LogP contribution in [-0.2, 0) is 5.41 Å². The van der Waals surface area contributed by atoms with E-state index in [9.17, 15) is 0 Å². The summed E-state index contributed by atoms with van der Waals surface area (Å²) in [5, 5.41) is 2.38. The standard InChI is InChI=1S/C67H46N2/c1-6-24-47(25-7-1)53-34-16-17-36-56(53)65-54(48-26-8-2-9-27-48)38-22-41-62(65)69(64-43-23-42-63-66(64)57-37-19-21-40-61(57)68(63)51-32-14-5-15-33-51)52-44-45-60-58(46-52)55-35-18-20-39-59(55)67(60,49-28-10-3-11-29-49)50-30-12-4-13-31-50/h1-46H. The molecule has 0 amide bonds. The molecule has 0 aliphatic heterocycles. The van der Waals surface area contributed by atoms with Gasteiger partial charge in [0.1, 0.15) is 0 Å². The van der Waals surface area contributed by atoms with Crippen molar-refractivity contribution in [3.05, 3.63) is 301 Å². The molecule has 2 nitrogen and oxygen atoms in total. The van der Waals surface area contributed by atoms with E-state index in [0.29, 0.717) is 0 Å². The van der Waals surface area contributed by atoms with Crippen molar-refractivity contribution >= 4 is 38.9 Å². The van der Waals surface area contributed by atoms with E-state index in [1.54, 1.807) is 0 Å². The third-order valence-electron chi connectivity index (χ3n) is 14.3. The van der Waals surface area contributed by atoms with Gasteiger partial charge in [-0.2, -0.15) is 0 Å². The second-order valence-electron chi connectivity index (χ2n) is 17.9. The molecule has 0 spiro atoms. The van der Waals surface area contributed by atoms with Crippen molar-refractivity contribution in [1.29, 1.82) is 0 Å². The largest absolute Gasteiger partial charge is 0.309 e. The fourth-order valence-electron chi connectivity index (χ4n) is 11.5. The Morgan fingerprint density at radius 2 is 0.812 bits per heavy atom. The number of nitrogens with zero attached hydrogens (tertiary/aromatic N) is 2. The highest BCUT2D eigenvalue weighted by atomic mass is 15.2. The molecule has 0 unspecified atom stereocenters. The summed E-state index contributed by atoms with van der Waals surface area (Å²) in [6, 6.07) is 102.